The first-order chi connectivity index (χ1) is 9.28. The van der Waals surface area contributed by atoms with Crippen LogP contribution in [0, 0.1) is 35.0 Å². The Kier molecular flexibility index (Phi) is 3.42. The minimum absolute atomic E-state index is 0.163. The maximum atomic E-state index is 11.9. The monoisotopic (exact) mass is 264 g/mol. The van der Waals surface area contributed by atoms with Crippen LogP contribution in [0.15, 0.2) is 12.8 Å². The first kappa shape index (κ1) is 13.2. The Morgan fingerprint density at radius 3 is 2.89 bits per heavy atom. The van der Waals surface area contributed by atoms with Crippen molar-refractivity contribution in [2.24, 2.45) is 35.0 Å². The van der Waals surface area contributed by atoms with E-state index < -0.39 is 0 Å². The van der Waals surface area contributed by atoms with E-state index in [1.807, 2.05) is 0 Å². The van der Waals surface area contributed by atoms with Crippen LogP contribution < -0.4 is 0 Å². The molecule has 3 aliphatic carbocycles. The molecule has 0 aromatic rings. The summed E-state index contributed by atoms with van der Waals surface area (Å²) in [5.74, 6) is 2.44. The average molecular weight is 264 g/mol. The van der Waals surface area contributed by atoms with Crippen molar-refractivity contribution in [1.82, 2.24) is 0 Å². The summed E-state index contributed by atoms with van der Waals surface area (Å²) < 4.78 is 5.26. The van der Waals surface area contributed by atoms with Crippen molar-refractivity contribution < 1.29 is 14.6 Å². The predicted octanol–water partition coefficient (Wildman–Crippen LogP) is 2.40. The third-order valence-corrected chi connectivity index (χ3v) is 6.25. The van der Waals surface area contributed by atoms with Crippen molar-refractivity contribution in [2.45, 2.75) is 32.1 Å². The van der Waals surface area contributed by atoms with Crippen LogP contribution in [0.3, 0.4) is 0 Å². The number of rotatable bonds is 6. The SMILES string of the molecule is C=COCCC1C(CO)C2CC1(C=O)C1CCCC21. The molecule has 3 rings (SSSR count). The fraction of sp³-hybridized carbons (Fsp3) is 0.812. The molecule has 19 heavy (non-hydrogen) atoms. The van der Waals surface area contributed by atoms with E-state index in [9.17, 15) is 9.90 Å². The summed E-state index contributed by atoms with van der Waals surface area (Å²) >= 11 is 0. The summed E-state index contributed by atoms with van der Waals surface area (Å²) in [7, 11) is 0. The Hall–Kier alpha value is -0.830. The van der Waals surface area contributed by atoms with Crippen LogP contribution in [0.2, 0.25) is 0 Å². The first-order valence-corrected chi connectivity index (χ1v) is 7.58. The highest BCUT2D eigenvalue weighted by Gasteiger charge is 2.66. The highest BCUT2D eigenvalue weighted by molar-refractivity contribution is 5.63. The van der Waals surface area contributed by atoms with Gasteiger partial charge in [-0.2, -0.15) is 0 Å². The van der Waals surface area contributed by atoms with Crippen LogP contribution in [0.1, 0.15) is 32.1 Å². The van der Waals surface area contributed by atoms with Gasteiger partial charge >= 0.3 is 0 Å². The maximum Gasteiger partial charge on any atom is 0.126 e. The average Bonchev–Trinajstić information content (AvgIpc) is 3.08. The number of hydrogen-bond donors (Lipinski definition) is 1. The highest BCUT2D eigenvalue weighted by atomic mass is 16.5. The summed E-state index contributed by atoms with van der Waals surface area (Å²) in [5, 5.41) is 9.77. The van der Waals surface area contributed by atoms with Crippen LogP contribution >= 0.6 is 0 Å². The molecule has 0 amide bonds. The van der Waals surface area contributed by atoms with Crippen LogP contribution in [0.5, 0.6) is 0 Å². The third-order valence-electron chi connectivity index (χ3n) is 6.25. The van der Waals surface area contributed by atoms with Gasteiger partial charge in [-0.1, -0.05) is 13.0 Å². The molecule has 1 N–H and O–H groups in total. The summed E-state index contributed by atoms with van der Waals surface area (Å²) in [6.07, 6.45) is 8.31. The zero-order chi connectivity index (χ0) is 13.5. The molecule has 2 bridgehead atoms. The van der Waals surface area contributed by atoms with Gasteiger partial charge in [0.1, 0.15) is 6.29 Å². The lowest BCUT2D eigenvalue weighted by Crippen LogP contribution is -2.43. The van der Waals surface area contributed by atoms with Gasteiger partial charge in [0.2, 0.25) is 0 Å². The molecule has 3 heteroatoms. The zero-order valence-electron chi connectivity index (χ0n) is 11.5. The molecule has 6 atom stereocenters. The number of aliphatic hydroxyl groups is 1. The number of fused-ring (bicyclic) bond motifs is 5. The van der Waals surface area contributed by atoms with E-state index in [1.54, 1.807) is 0 Å². The Morgan fingerprint density at radius 1 is 1.37 bits per heavy atom. The van der Waals surface area contributed by atoms with Gasteiger partial charge < -0.3 is 14.6 Å². The molecular formula is C16H24O3. The van der Waals surface area contributed by atoms with E-state index in [0.717, 1.165) is 12.8 Å². The smallest absolute Gasteiger partial charge is 0.126 e. The van der Waals surface area contributed by atoms with Gasteiger partial charge in [0.25, 0.3) is 0 Å². The second kappa shape index (κ2) is 4.93. The van der Waals surface area contributed by atoms with Crippen molar-refractivity contribution in [3.8, 4) is 0 Å². The minimum atomic E-state index is -0.163. The van der Waals surface area contributed by atoms with E-state index in [4.69, 9.17) is 4.74 Å². The minimum Gasteiger partial charge on any atom is -0.502 e. The molecular weight excluding hydrogens is 240 g/mol. The molecule has 0 spiro atoms. The van der Waals surface area contributed by atoms with Crippen LogP contribution in [-0.4, -0.2) is 24.6 Å². The van der Waals surface area contributed by atoms with E-state index >= 15 is 0 Å². The summed E-state index contributed by atoms with van der Waals surface area (Å²) in [6.45, 7) is 4.40. The van der Waals surface area contributed by atoms with E-state index in [1.165, 1.54) is 31.8 Å². The largest absolute Gasteiger partial charge is 0.502 e. The Morgan fingerprint density at radius 2 is 2.21 bits per heavy atom. The first-order valence-electron chi connectivity index (χ1n) is 7.58. The molecule has 3 nitrogen and oxygen atoms in total. The van der Waals surface area contributed by atoms with Gasteiger partial charge in [0.15, 0.2) is 0 Å². The number of aldehydes is 1. The van der Waals surface area contributed by atoms with Crippen LogP contribution in [-0.2, 0) is 9.53 Å². The molecule has 0 aromatic heterocycles. The topological polar surface area (TPSA) is 46.5 Å². The fourth-order valence-electron chi connectivity index (χ4n) is 5.72. The summed E-state index contributed by atoms with van der Waals surface area (Å²) in [5.41, 5.74) is -0.163. The number of ether oxygens (including phenoxy) is 1. The van der Waals surface area contributed by atoms with Crippen molar-refractivity contribution in [2.75, 3.05) is 13.2 Å². The summed E-state index contributed by atoms with van der Waals surface area (Å²) in [4.78, 5) is 11.9. The predicted molar refractivity (Wildman–Crippen MR) is 72.3 cm³/mol. The molecule has 0 saturated heterocycles. The van der Waals surface area contributed by atoms with Gasteiger partial charge in [-0.15, -0.1) is 0 Å². The summed E-state index contributed by atoms with van der Waals surface area (Å²) in [6, 6.07) is 0. The Labute approximate surface area is 115 Å². The Balaban J connectivity index is 1.84. The van der Waals surface area contributed by atoms with Gasteiger partial charge in [-0.3, -0.25) is 0 Å². The zero-order valence-corrected chi connectivity index (χ0v) is 11.5. The van der Waals surface area contributed by atoms with Crippen molar-refractivity contribution >= 4 is 6.29 Å². The third kappa shape index (κ3) is 1.70. The molecule has 3 saturated carbocycles. The van der Waals surface area contributed by atoms with E-state index in [-0.39, 0.29) is 12.0 Å². The normalized spacial score (nSPS) is 47.1. The maximum absolute atomic E-state index is 11.9. The second-order valence-electron chi connectivity index (χ2n) is 6.58. The van der Waals surface area contributed by atoms with E-state index in [0.29, 0.717) is 36.2 Å². The molecule has 0 aliphatic heterocycles. The van der Waals surface area contributed by atoms with Crippen molar-refractivity contribution in [3.63, 3.8) is 0 Å². The number of hydrogen-bond acceptors (Lipinski definition) is 3. The molecule has 0 radical (unpaired) electrons. The van der Waals surface area contributed by atoms with Gasteiger partial charge in [0.05, 0.1) is 12.9 Å². The lowest BCUT2D eigenvalue weighted by atomic mass is 9.61. The number of carbonyl (C=O) groups excluding carboxylic acids is 1. The van der Waals surface area contributed by atoms with Crippen LogP contribution in [0.25, 0.3) is 0 Å². The van der Waals surface area contributed by atoms with Crippen LogP contribution in [0.4, 0.5) is 0 Å². The number of aliphatic hydroxyl groups excluding tert-OH is 1. The number of carbonyl (C=O) groups is 1. The van der Waals surface area contributed by atoms with Gasteiger partial charge in [-0.25, -0.2) is 0 Å². The molecule has 3 aliphatic rings. The van der Waals surface area contributed by atoms with Crippen molar-refractivity contribution in [3.05, 3.63) is 12.8 Å². The quantitative estimate of drug-likeness (QED) is 0.455. The second-order valence-corrected chi connectivity index (χ2v) is 6.58. The molecule has 0 aromatic carbocycles. The lowest BCUT2D eigenvalue weighted by molar-refractivity contribution is -0.124. The molecule has 6 unspecified atom stereocenters. The highest BCUT2D eigenvalue weighted by Crippen LogP contribution is 2.69. The van der Waals surface area contributed by atoms with E-state index in [2.05, 4.69) is 6.58 Å². The van der Waals surface area contributed by atoms with Gasteiger partial charge in [-0.05, 0) is 55.3 Å². The molecule has 3 fully saturated rings. The van der Waals surface area contributed by atoms with Crippen molar-refractivity contribution in [1.29, 1.82) is 0 Å². The molecule has 0 heterocycles. The Bertz CT molecular complexity index is 367. The standard InChI is InChI=1S/C16H24O3/c1-2-19-7-6-15-13(9-17)12-8-16(15,10-18)14-5-3-4-11(12)14/h2,10-15,17H,1,3-9H2. The fourth-order valence-corrected chi connectivity index (χ4v) is 5.72. The molecule has 106 valence electrons. The van der Waals surface area contributed by atoms with Gasteiger partial charge in [0, 0.05) is 12.0 Å². The lowest BCUT2D eigenvalue weighted by Gasteiger charge is -2.42.